The highest BCUT2D eigenvalue weighted by atomic mass is 32.2. The Kier molecular flexibility index (Phi) is 5.99. The summed E-state index contributed by atoms with van der Waals surface area (Å²) in [5.41, 5.74) is 11.8. The van der Waals surface area contributed by atoms with Gasteiger partial charge in [-0.2, -0.15) is 0 Å². The number of carbonyl (C=O) groups is 3. The van der Waals surface area contributed by atoms with E-state index in [1.54, 1.807) is 28.7 Å². The largest absolute Gasteiger partial charge is 0.543 e. The Morgan fingerprint density at radius 1 is 1.45 bits per heavy atom. The molecule has 174 valence electrons. The first-order valence-corrected chi connectivity index (χ1v) is 11.5. The van der Waals surface area contributed by atoms with E-state index in [4.69, 9.17) is 16.3 Å². The first-order valence-electron chi connectivity index (χ1n) is 9.55. The molecule has 33 heavy (non-hydrogen) atoms. The van der Waals surface area contributed by atoms with Gasteiger partial charge < -0.3 is 31.5 Å². The molecule has 2 atom stereocenters. The lowest BCUT2D eigenvalue weighted by atomic mass is 10.0. The van der Waals surface area contributed by atoms with E-state index in [2.05, 4.69) is 15.5 Å². The highest BCUT2D eigenvalue weighted by Gasteiger charge is 2.53. The first-order chi connectivity index (χ1) is 15.7. The van der Waals surface area contributed by atoms with Crippen LogP contribution in [0.4, 0.5) is 10.9 Å². The number of nitrogen functional groups attached to an aromatic ring is 2. The van der Waals surface area contributed by atoms with Gasteiger partial charge in [0.2, 0.25) is 0 Å². The zero-order chi connectivity index (χ0) is 23.9. The van der Waals surface area contributed by atoms with Crippen LogP contribution < -0.4 is 26.6 Å². The summed E-state index contributed by atoms with van der Waals surface area (Å²) in [6.45, 7) is 0.216. The van der Waals surface area contributed by atoms with Crippen molar-refractivity contribution in [3.63, 3.8) is 0 Å². The highest BCUT2D eigenvalue weighted by molar-refractivity contribution is 8.00. The number of fused-ring (bicyclic) bond motifs is 1. The van der Waals surface area contributed by atoms with Crippen molar-refractivity contribution in [2.75, 3.05) is 24.3 Å². The van der Waals surface area contributed by atoms with Gasteiger partial charge in [-0.25, -0.2) is 4.98 Å². The van der Waals surface area contributed by atoms with Crippen LogP contribution >= 0.6 is 23.1 Å². The number of oxime groups is 1. The molecule has 0 aliphatic carbocycles. The van der Waals surface area contributed by atoms with Crippen LogP contribution in [-0.4, -0.2) is 62.3 Å². The van der Waals surface area contributed by atoms with Gasteiger partial charge in [0.25, 0.3) is 11.8 Å². The van der Waals surface area contributed by atoms with Gasteiger partial charge in [0.1, 0.15) is 24.2 Å². The monoisotopic (exact) mass is 492 g/mol. The number of aromatic nitrogens is 3. The summed E-state index contributed by atoms with van der Waals surface area (Å²) in [6, 6.07) is 0.739. The van der Waals surface area contributed by atoms with Gasteiger partial charge in [-0.1, -0.05) is 5.16 Å². The summed E-state index contributed by atoms with van der Waals surface area (Å²) in [6.07, 6.45) is 1.72. The van der Waals surface area contributed by atoms with Crippen molar-refractivity contribution < 1.29 is 29.0 Å². The molecular weight excluding hydrogens is 472 g/mol. The van der Waals surface area contributed by atoms with Crippen LogP contribution in [0.2, 0.25) is 0 Å². The van der Waals surface area contributed by atoms with Crippen LogP contribution in [0.25, 0.3) is 0 Å². The molecule has 2 aliphatic heterocycles. The topological polar surface area (TPSA) is 185 Å². The summed E-state index contributed by atoms with van der Waals surface area (Å²) in [5, 5.41) is 19.4. The van der Waals surface area contributed by atoms with Crippen molar-refractivity contribution >= 4 is 57.5 Å². The second kappa shape index (κ2) is 8.74. The van der Waals surface area contributed by atoms with Gasteiger partial charge in [0, 0.05) is 16.7 Å². The Bertz CT molecular complexity index is 1200. The standard InChI is InChI=1S/C18H20N8O5S2/c1-24-10(19)3-4-25(24)5-8-6-32-16-12(15(28)26(16)13(8)17(29)30)22-14(27)11(23-31-2)9-7-33-18(20)21-9/h3-4,7,12,16,19H,5-6H2,1-2H3,(H4,20,21,22,27,29,30)/t12-,16-/m1/s1. The number of rotatable bonds is 7. The van der Waals surface area contributed by atoms with Gasteiger partial charge in [0.15, 0.2) is 29.4 Å². The number of amides is 2. The third-order valence-electron chi connectivity index (χ3n) is 5.22. The molecule has 2 amide bonds. The maximum Gasteiger partial charge on any atom is 0.276 e. The van der Waals surface area contributed by atoms with E-state index < -0.39 is 29.2 Å². The second-order valence-corrected chi connectivity index (χ2v) is 9.15. The molecule has 13 nitrogen and oxygen atoms in total. The third kappa shape index (κ3) is 4.00. The van der Waals surface area contributed by atoms with E-state index in [-0.39, 0.29) is 28.8 Å². The third-order valence-corrected chi connectivity index (χ3v) is 7.23. The first kappa shape index (κ1) is 22.6. The predicted molar refractivity (Wildman–Crippen MR) is 117 cm³/mol. The molecule has 5 N–H and O–H groups in total. The average Bonchev–Trinajstić information content (AvgIpc) is 3.35. The lowest BCUT2D eigenvalue weighted by Crippen LogP contribution is -2.71. The fourth-order valence-corrected chi connectivity index (χ4v) is 5.45. The minimum Gasteiger partial charge on any atom is -0.543 e. The van der Waals surface area contributed by atoms with E-state index >= 15 is 0 Å². The zero-order valence-corrected chi connectivity index (χ0v) is 19.2. The minimum absolute atomic E-state index is 0.147. The minimum atomic E-state index is -1.46. The molecule has 0 bridgehead atoms. The van der Waals surface area contributed by atoms with Crippen LogP contribution in [-0.2, 0) is 32.8 Å². The maximum absolute atomic E-state index is 12.9. The number of nitrogens with zero attached hydrogens (tertiary/aromatic N) is 5. The molecule has 0 unspecified atom stereocenters. The molecule has 4 rings (SSSR count). The Balaban J connectivity index is 1.54. The number of hydrogen-bond acceptors (Lipinski definition) is 11. The quantitative estimate of drug-likeness (QED) is 0.161. The SMILES string of the molecule is CON=C(C(=O)N[C@@H]1C(=O)N2C(C(=O)[O-])=C(C[n+]3ccc(N)n3C)CS[C@H]12)c1csc(N)n1. The van der Waals surface area contributed by atoms with E-state index in [1.165, 1.54) is 24.3 Å². The second-order valence-electron chi connectivity index (χ2n) is 7.16. The van der Waals surface area contributed by atoms with Gasteiger partial charge in [-0.05, 0) is 0 Å². The predicted octanol–water partition coefficient (Wildman–Crippen LogP) is -2.61. The van der Waals surface area contributed by atoms with Crippen LogP contribution in [0.5, 0.6) is 0 Å². The lowest BCUT2D eigenvalue weighted by molar-refractivity contribution is -0.765. The van der Waals surface area contributed by atoms with Crippen LogP contribution in [0, 0.1) is 0 Å². The van der Waals surface area contributed by atoms with Crippen molar-refractivity contribution in [2.24, 2.45) is 12.2 Å². The lowest BCUT2D eigenvalue weighted by Gasteiger charge is -2.50. The van der Waals surface area contributed by atoms with E-state index in [1.807, 2.05) is 0 Å². The highest BCUT2D eigenvalue weighted by Crippen LogP contribution is 2.40. The average molecular weight is 493 g/mol. The van der Waals surface area contributed by atoms with Crippen molar-refractivity contribution in [1.29, 1.82) is 0 Å². The Labute approximate surface area is 195 Å². The van der Waals surface area contributed by atoms with Gasteiger partial charge >= 0.3 is 0 Å². The zero-order valence-electron chi connectivity index (χ0n) is 17.5. The fourth-order valence-electron chi connectivity index (χ4n) is 3.57. The number of β-lactam (4-membered cyclic amide) rings is 1. The summed E-state index contributed by atoms with van der Waals surface area (Å²) in [4.78, 5) is 47.5. The van der Waals surface area contributed by atoms with E-state index in [0.29, 0.717) is 17.1 Å². The van der Waals surface area contributed by atoms with Crippen LogP contribution in [0.3, 0.4) is 0 Å². The van der Waals surface area contributed by atoms with E-state index in [0.717, 1.165) is 16.2 Å². The Hall–Kier alpha value is -3.59. The number of thiazole rings is 1. The van der Waals surface area contributed by atoms with Gasteiger partial charge in [0.05, 0.1) is 24.8 Å². The molecule has 0 radical (unpaired) electrons. The number of nitrogens with one attached hydrogen (secondary N) is 1. The number of carbonyl (C=O) groups excluding carboxylic acids is 3. The van der Waals surface area contributed by atoms with Crippen molar-refractivity contribution in [1.82, 2.24) is 19.9 Å². The van der Waals surface area contributed by atoms with Crippen LogP contribution in [0.1, 0.15) is 5.69 Å². The maximum atomic E-state index is 12.9. The molecule has 0 aromatic carbocycles. The van der Waals surface area contributed by atoms with Crippen molar-refractivity contribution in [3.8, 4) is 0 Å². The van der Waals surface area contributed by atoms with Gasteiger partial charge in [-0.3, -0.25) is 14.5 Å². The van der Waals surface area contributed by atoms with Gasteiger partial charge in [-0.15, -0.1) is 32.5 Å². The molecule has 2 aliphatic rings. The molecule has 2 aromatic heterocycles. The fraction of sp³-hybridized carbons (Fsp3) is 0.333. The van der Waals surface area contributed by atoms with Crippen molar-refractivity contribution in [3.05, 3.63) is 34.6 Å². The number of carboxylic acid groups (broad SMARTS) is 1. The number of thioether (sulfide) groups is 1. The van der Waals surface area contributed by atoms with Crippen molar-refractivity contribution in [2.45, 2.75) is 18.0 Å². The number of aliphatic carboxylic acids is 1. The number of anilines is 2. The summed E-state index contributed by atoms with van der Waals surface area (Å²) < 4.78 is 3.39. The summed E-state index contributed by atoms with van der Waals surface area (Å²) in [5.74, 6) is -1.89. The normalized spacial score (nSPS) is 20.4. The molecular formula is C18H20N8O5S2. The molecule has 1 fully saturated rings. The summed E-state index contributed by atoms with van der Waals surface area (Å²) >= 11 is 2.46. The Morgan fingerprint density at radius 2 is 2.21 bits per heavy atom. The molecule has 0 spiro atoms. The molecule has 15 heteroatoms. The number of hydrogen-bond donors (Lipinski definition) is 3. The summed E-state index contributed by atoms with van der Waals surface area (Å²) in [7, 11) is 3.01. The smallest absolute Gasteiger partial charge is 0.276 e. The molecule has 4 heterocycles. The van der Waals surface area contributed by atoms with E-state index in [9.17, 15) is 19.5 Å². The molecule has 2 aromatic rings. The number of carboxylic acids is 1. The Morgan fingerprint density at radius 3 is 2.79 bits per heavy atom. The number of nitrogens with two attached hydrogens (primary N) is 2. The molecule has 0 saturated carbocycles. The molecule has 1 saturated heterocycles. The van der Waals surface area contributed by atoms with Crippen LogP contribution in [0.15, 0.2) is 34.1 Å².